The van der Waals surface area contributed by atoms with Crippen molar-refractivity contribution >= 4 is 17.7 Å². The van der Waals surface area contributed by atoms with Crippen LogP contribution in [0.5, 0.6) is 17.2 Å². The molecule has 1 saturated carbocycles. The summed E-state index contributed by atoms with van der Waals surface area (Å²) in [6, 6.07) is 23.6. The molecule has 2 atom stereocenters. The lowest BCUT2D eigenvalue weighted by Crippen LogP contribution is -2.32. The molecule has 2 aliphatic rings. The van der Waals surface area contributed by atoms with Crippen molar-refractivity contribution in [3.63, 3.8) is 0 Å². The fourth-order valence-electron chi connectivity index (χ4n) is 5.24. The first-order valence-electron chi connectivity index (χ1n) is 12.2. The van der Waals surface area contributed by atoms with Gasteiger partial charge in [-0.3, -0.25) is 4.79 Å². The van der Waals surface area contributed by atoms with Gasteiger partial charge in [0.15, 0.2) is 11.5 Å². The van der Waals surface area contributed by atoms with Gasteiger partial charge in [-0.15, -0.1) is 0 Å². The molecule has 5 rings (SSSR count). The summed E-state index contributed by atoms with van der Waals surface area (Å²) in [5.74, 6) is 1.24. The van der Waals surface area contributed by atoms with E-state index < -0.39 is 0 Å². The van der Waals surface area contributed by atoms with Crippen LogP contribution in [0.25, 0.3) is 6.08 Å². The van der Waals surface area contributed by atoms with E-state index in [4.69, 9.17) is 19.3 Å². The maximum Gasteiger partial charge on any atom is 0.274 e. The lowest BCUT2D eigenvalue weighted by molar-refractivity contribution is 0.0680. The second-order valence-corrected chi connectivity index (χ2v) is 8.98. The van der Waals surface area contributed by atoms with Gasteiger partial charge in [-0.25, -0.2) is 5.01 Å². The van der Waals surface area contributed by atoms with Crippen LogP contribution in [0.4, 0.5) is 0 Å². The number of rotatable bonds is 6. The molecule has 0 bridgehead atoms. The van der Waals surface area contributed by atoms with Gasteiger partial charge in [-0.2, -0.15) is 5.10 Å². The minimum absolute atomic E-state index is 0.127. The average Bonchev–Trinajstić information content (AvgIpc) is 3.33. The van der Waals surface area contributed by atoms with E-state index in [1.807, 2.05) is 36.4 Å². The molecule has 1 amide bonds. The molecule has 36 heavy (non-hydrogen) atoms. The molecule has 0 aromatic heterocycles. The summed E-state index contributed by atoms with van der Waals surface area (Å²) in [6.45, 7) is 0. The van der Waals surface area contributed by atoms with E-state index in [0.29, 0.717) is 22.8 Å². The van der Waals surface area contributed by atoms with Gasteiger partial charge in [0.1, 0.15) is 0 Å². The summed E-state index contributed by atoms with van der Waals surface area (Å²) >= 11 is 0. The van der Waals surface area contributed by atoms with Crippen LogP contribution in [0, 0.1) is 5.92 Å². The maximum absolute atomic E-state index is 14.0. The van der Waals surface area contributed by atoms with Crippen molar-refractivity contribution in [3.05, 3.63) is 95.1 Å². The zero-order valence-electron chi connectivity index (χ0n) is 20.8. The van der Waals surface area contributed by atoms with Gasteiger partial charge in [0.05, 0.1) is 33.1 Å². The Labute approximate surface area is 211 Å². The average molecular weight is 483 g/mol. The van der Waals surface area contributed by atoms with E-state index >= 15 is 0 Å². The minimum atomic E-state index is -0.205. The largest absolute Gasteiger partial charge is 0.493 e. The first-order valence-corrected chi connectivity index (χ1v) is 12.2. The third-order valence-electron chi connectivity index (χ3n) is 6.90. The highest BCUT2D eigenvalue weighted by atomic mass is 16.5. The van der Waals surface area contributed by atoms with Crippen molar-refractivity contribution in [2.75, 3.05) is 21.3 Å². The van der Waals surface area contributed by atoms with Crippen LogP contribution in [0.15, 0.2) is 83.5 Å². The molecule has 1 heterocycles. The Bertz CT molecular complexity index is 1280. The van der Waals surface area contributed by atoms with Gasteiger partial charge in [-0.1, -0.05) is 60.7 Å². The van der Waals surface area contributed by atoms with Crippen molar-refractivity contribution in [3.8, 4) is 17.2 Å². The van der Waals surface area contributed by atoms with Crippen LogP contribution < -0.4 is 14.2 Å². The summed E-state index contributed by atoms with van der Waals surface area (Å²) in [7, 11) is 4.64. The quantitative estimate of drug-likeness (QED) is 0.423. The fourth-order valence-corrected chi connectivity index (χ4v) is 5.24. The molecule has 0 N–H and O–H groups in total. The number of allylic oxidation sites excluding steroid dienone is 1. The third-order valence-corrected chi connectivity index (χ3v) is 6.90. The van der Waals surface area contributed by atoms with Gasteiger partial charge in [0.2, 0.25) is 5.75 Å². The van der Waals surface area contributed by atoms with Crippen molar-refractivity contribution in [2.24, 2.45) is 11.0 Å². The second kappa shape index (κ2) is 10.3. The molecule has 6 nitrogen and oxygen atoms in total. The predicted octanol–water partition coefficient (Wildman–Crippen LogP) is 6.15. The Kier molecular flexibility index (Phi) is 6.76. The number of carbonyl (C=O) groups excluding carboxylic acids is 1. The van der Waals surface area contributed by atoms with Crippen LogP contribution in [-0.2, 0) is 0 Å². The van der Waals surface area contributed by atoms with E-state index in [1.165, 1.54) is 5.57 Å². The fraction of sp³-hybridized carbons (Fsp3) is 0.267. The predicted molar refractivity (Wildman–Crippen MR) is 141 cm³/mol. The topological polar surface area (TPSA) is 60.4 Å². The van der Waals surface area contributed by atoms with E-state index in [9.17, 15) is 4.79 Å². The number of methoxy groups -OCH3 is 3. The number of hydrogen-bond donors (Lipinski definition) is 0. The lowest BCUT2D eigenvalue weighted by atomic mass is 9.77. The van der Waals surface area contributed by atoms with Gasteiger partial charge in [0, 0.05) is 11.5 Å². The summed E-state index contributed by atoms with van der Waals surface area (Å²) in [6.07, 6.45) is 5.18. The van der Waals surface area contributed by atoms with Crippen molar-refractivity contribution in [2.45, 2.75) is 25.3 Å². The molecule has 184 valence electrons. The number of nitrogens with zero attached hydrogens (tertiary/aromatic N) is 2. The van der Waals surface area contributed by atoms with Crippen LogP contribution in [0.3, 0.4) is 0 Å². The van der Waals surface area contributed by atoms with Crippen LogP contribution in [-0.4, -0.2) is 38.0 Å². The number of hydrogen-bond acceptors (Lipinski definition) is 5. The highest BCUT2D eigenvalue weighted by Gasteiger charge is 2.44. The molecular formula is C30H30N2O4. The molecule has 1 aliphatic heterocycles. The van der Waals surface area contributed by atoms with E-state index in [2.05, 4.69) is 30.3 Å². The van der Waals surface area contributed by atoms with Gasteiger partial charge in [0.25, 0.3) is 5.91 Å². The Morgan fingerprint density at radius 2 is 1.56 bits per heavy atom. The number of amides is 1. The number of hydrazone groups is 1. The summed E-state index contributed by atoms with van der Waals surface area (Å²) in [5.41, 5.74) is 4.84. The number of carbonyl (C=O) groups is 1. The van der Waals surface area contributed by atoms with E-state index in [1.54, 1.807) is 38.5 Å². The summed E-state index contributed by atoms with van der Waals surface area (Å²) < 4.78 is 16.4. The Morgan fingerprint density at radius 3 is 2.17 bits per heavy atom. The Hall–Kier alpha value is -4.06. The molecule has 0 unspecified atom stereocenters. The highest BCUT2D eigenvalue weighted by molar-refractivity contribution is 6.09. The molecule has 6 heteroatoms. The van der Waals surface area contributed by atoms with Crippen molar-refractivity contribution in [1.82, 2.24) is 5.01 Å². The maximum atomic E-state index is 14.0. The highest BCUT2D eigenvalue weighted by Crippen LogP contribution is 2.46. The number of fused-ring (bicyclic) bond motifs is 1. The van der Waals surface area contributed by atoms with Gasteiger partial charge >= 0.3 is 0 Å². The molecule has 1 fully saturated rings. The molecule has 0 saturated heterocycles. The second-order valence-electron chi connectivity index (χ2n) is 8.98. The number of ether oxygens (including phenoxy) is 3. The lowest BCUT2D eigenvalue weighted by Gasteiger charge is -2.29. The van der Waals surface area contributed by atoms with Gasteiger partial charge < -0.3 is 14.2 Å². The third kappa shape index (κ3) is 4.35. The normalized spacial score (nSPS) is 20.0. The summed E-state index contributed by atoms with van der Waals surface area (Å²) in [5, 5.41) is 6.65. The van der Waals surface area contributed by atoms with Crippen LogP contribution in [0.2, 0.25) is 0 Å². The van der Waals surface area contributed by atoms with Crippen LogP contribution in [0.1, 0.15) is 46.8 Å². The van der Waals surface area contributed by atoms with E-state index in [0.717, 1.165) is 36.1 Å². The monoisotopic (exact) mass is 482 g/mol. The molecular weight excluding hydrogens is 452 g/mol. The minimum Gasteiger partial charge on any atom is -0.493 e. The zero-order valence-corrected chi connectivity index (χ0v) is 20.8. The van der Waals surface area contributed by atoms with Gasteiger partial charge in [-0.05, 0) is 54.2 Å². The molecule has 0 radical (unpaired) electrons. The van der Waals surface area contributed by atoms with Crippen molar-refractivity contribution < 1.29 is 19.0 Å². The smallest absolute Gasteiger partial charge is 0.274 e. The SMILES string of the molecule is COc1cc(C(=O)N2N=C3/C(=C\c4ccccc4)CCC[C@@H]3[C@H]2c2ccccc2)cc(OC)c1OC. The molecule has 1 aliphatic carbocycles. The Morgan fingerprint density at radius 1 is 0.917 bits per heavy atom. The first-order chi connectivity index (χ1) is 17.6. The van der Waals surface area contributed by atoms with Crippen LogP contribution >= 0.6 is 0 Å². The molecule has 0 spiro atoms. The standard InChI is InChI=1S/C30H30N2O4/c1-34-25-18-23(19-26(35-2)29(25)36-3)30(33)32-28(21-13-8-5-9-14-21)24-16-10-15-22(27(24)31-32)17-20-11-6-4-7-12-20/h4-9,11-14,17-19,24,28H,10,15-16H2,1-3H3/b22-17-/t24-,28+/m0/s1. The molecule has 3 aromatic rings. The van der Waals surface area contributed by atoms with Crippen molar-refractivity contribution in [1.29, 1.82) is 0 Å². The molecule has 3 aromatic carbocycles. The zero-order chi connectivity index (χ0) is 25.1. The number of benzene rings is 3. The van der Waals surface area contributed by atoms with E-state index in [-0.39, 0.29) is 17.9 Å². The Balaban J connectivity index is 1.60. The first kappa shape index (κ1) is 23.7. The summed E-state index contributed by atoms with van der Waals surface area (Å²) in [4.78, 5) is 14.0.